The molecule has 0 saturated heterocycles. The summed E-state index contributed by atoms with van der Waals surface area (Å²) in [5.41, 5.74) is 2.61. The normalized spacial score (nSPS) is 10.7. The first-order valence-corrected chi connectivity index (χ1v) is 9.39. The van der Waals surface area contributed by atoms with Crippen molar-refractivity contribution in [2.45, 2.75) is 19.0 Å². The van der Waals surface area contributed by atoms with Gasteiger partial charge in [0.2, 0.25) is 0 Å². The average molecular weight is 383 g/mol. The number of aromatic nitrogens is 3. The second kappa shape index (κ2) is 8.26. The van der Waals surface area contributed by atoms with Crippen LogP contribution in [-0.4, -0.2) is 40.5 Å². The van der Waals surface area contributed by atoms with Gasteiger partial charge in [0.1, 0.15) is 17.3 Å². The highest BCUT2D eigenvalue weighted by molar-refractivity contribution is 7.99. The van der Waals surface area contributed by atoms with Crippen LogP contribution in [-0.2, 0) is 0 Å². The summed E-state index contributed by atoms with van der Waals surface area (Å²) in [5.74, 6) is 2.07. The van der Waals surface area contributed by atoms with E-state index >= 15 is 0 Å². The van der Waals surface area contributed by atoms with Crippen LogP contribution in [0.1, 0.15) is 21.7 Å². The van der Waals surface area contributed by atoms with Crippen molar-refractivity contribution in [1.29, 1.82) is 0 Å². The van der Waals surface area contributed by atoms with E-state index in [1.807, 2.05) is 36.6 Å². The molecule has 1 heterocycles. The van der Waals surface area contributed by atoms with Crippen molar-refractivity contribution in [2.24, 2.45) is 0 Å². The number of ether oxygens (including phenoxy) is 2. The van der Waals surface area contributed by atoms with Gasteiger partial charge in [-0.05, 0) is 49.7 Å². The van der Waals surface area contributed by atoms with Crippen LogP contribution in [0.25, 0.3) is 5.69 Å². The smallest absolute Gasteiger partial charge is 0.196 e. The number of methoxy groups -OCH3 is 2. The number of ketones is 1. The minimum Gasteiger partial charge on any atom is -0.497 e. The number of hydrogen-bond acceptors (Lipinski definition) is 6. The molecule has 3 rings (SSSR count). The fourth-order valence-corrected chi connectivity index (χ4v) is 3.62. The molecule has 140 valence electrons. The van der Waals surface area contributed by atoms with Gasteiger partial charge in [0.15, 0.2) is 10.9 Å². The van der Waals surface area contributed by atoms with Crippen LogP contribution in [0.5, 0.6) is 11.5 Å². The molecule has 0 bridgehead atoms. The van der Waals surface area contributed by atoms with E-state index in [1.54, 1.807) is 32.4 Å². The number of thioether (sulfide) groups is 1. The highest BCUT2D eigenvalue weighted by Crippen LogP contribution is 2.28. The summed E-state index contributed by atoms with van der Waals surface area (Å²) in [6.45, 7) is 3.93. The molecular formula is C20H21N3O3S. The van der Waals surface area contributed by atoms with Gasteiger partial charge in [0.25, 0.3) is 0 Å². The lowest BCUT2D eigenvalue weighted by Gasteiger charge is -2.11. The first-order valence-electron chi connectivity index (χ1n) is 8.40. The van der Waals surface area contributed by atoms with Crippen LogP contribution >= 0.6 is 11.8 Å². The Bertz CT molecular complexity index is 969. The van der Waals surface area contributed by atoms with Crippen molar-refractivity contribution in [3.05, 3.63) is 59.4 Å². The molecule has 0 saturated carbocycles. The van der Waals surface area contributed by atoms with Crippen LogP contribution in [0.15, 0.2) is 47.6 Å². The first-order chi connectivity index (χ1) is 13.0. The third-order valence-electron chi connectivity index (χ3n) is 4.09. The van der Waals surface area contributed by atoms with Gasteiger partial charge in [-0.25, -0.2) is 0 Å². The van der Waals surface area contributed by atoms with Crippen molar-refractivity contribution in [3.63, 3.8) is 0 Å². The molecule has 0 unspecified atom stereocenters. The molecule has 3 aromatic rings. The number of aryl methyl sites for hydroxylation is 2. The zero-order chi connectivity index (χ0) is 19.4. The van der Waals surface area contributed by atoms with Gasteiger partial charge in [0, 0.05) is 5.69 Å². The predicted octanol–water partition coefficient (Wildman–Crippen LogP) is 3.88. The molecule has 7 heteroatoms. The number of carbonyl (C=O) groups is 1. The third-order valence-corrected chi connectivity index (χ3v) is 5.02. The van der Waals surface area contributed by atoms with E-state index in [-0.39, 0.29) is 11.5 Å². The van der Waals surface area contributed by atoms with Gasteiger partial charge in [-0.15, -0.1) is 10.2 Å². The first kappa shape index (κ1) is 19.0. The van der Waals surface area contributed by atoms with Gasteiger partial charge >= 0.3 is 0 Å². The predicted molar refractivity (Wildman–Crippen MR) is 105 cm³/mol. The molecule has 0 aliphatic carbocycles. The van der Waals surface area contributed by atoms with Gasteiger partial charge in [-0.1, -0.05) is 23.9 Å². The summed E-state index contributed by atoms with van der Waals surface area (Å²) in [5, 5.41) is 9.08. The largest absolute Gasteiger partial charge is 0.497 e. The molecule has 2 aromatic carbocycles. The Kier molecular flexibility index (Phi) is 5.81. The van der Waals surface area contributed by atoms with E-state index in [1.165, 1.54) is 11.8 Å². The van der Waals surface area contributed by atoms with E-state index in [0.717, 1.165) is 17.1 Å². The Hall–Kier alpha value is -2.80. The monoisotopic (exact) mass is 383 g/mol. The molecule has 0 amide bonds. The lowest BCUT2D eigenvalue weighted by Crippen LogP contribution is -2.07. The maximum Gasteiger partial charge on any atom is 0.196 e. The van der Waals surface area contributed by atoms with Crippen LogP contribution in [0.3, 0.4) is 0 Å². The van der Waals surface area contributed by atoms with Gasteiger partial charge in [-0.3, -0.25) is 9.36 Å². The van der Waals surface area contributed by atoms with Crippen LogP contribution in [0.4, 0.5) is 0 Å². The summed E-state index contributed by atoms with van der Waals surface area (Å²) in [4.78, 5) is 12.8. The molecule has 27 heavy (non-hydrogen) atoms. The molecule has 1 aromatic heterocycles. The lowest BCUT2D eigenvalue weighted by molar-refractivity contribution is 0.101. The van der Waals surface area contributed by atoms with Crippen LogP contribution < -0.4 is 9.47 Å². The Labute approximate surface area is 162 Å². The summed E-state index contributed by atoms with van der Waals surface area (Å²) in [7, 11) is 3.11. The van der Waals surface area contributed by atoms with Gasteiger partial charge < -0.3 is 9.47 Å². The van der Waals surface area contributed by atoms with E-state index in [9.17, 15) is 4.79 Å². The summed E-state index contributed by atoms with van der Waals surface area (Å²) in [6, 6.07) is 13.3. The number of carbonyl (C=O) groups excluding carboxylic acids is 1. The second-order valence-electron chi connectivity index (χ2n) is 5.98. The van der Waals surface area contributed by atoms with Crippen molar-refractivity contribution in [1.82, 2.24) is 14.8 Å². The molecule has 0 atom stereocenters. The summed E-state index contributed by atoms with van der Waals surface area (Å²) < 4.78 is 12.5. The maximum absolute atomic E-state index is 12.8. The number of Topliss-reactive ketones (excluding diaryl/α,β-unsaturated/α-hetero) is 1. The van der Waals surface area contributed by atoms with Crippen LogP contribution in [0, 0.1) is 13.8 Å². The van der Waals surface area contributed by atoms with E-state index in [4.69, 9.17) is 9.47 Å². The quantitative estimate of drug-likeness (QED) is 0.456. The molecular weight excluding hydrogens is 362 g/mol. The minimum atomic E-state index is -0.0628. The Morgan fingerprint density at radius 3 is 2.59 bits per heavy atom. The highest BCUT2D eigenvalue weighted by Gasteiger charge is 2.17. The van der Waals surface area contributed by atoms with Crippen molar-refractivity contribution in [3.8, 4) is 17.2 Å². The third kappa shape index (κ3) is 4.14. The second-order valence-corrected chi connectivity index (χ2v) is 6.92. The Balaban J connectivity index is 1.83. The lowest BCUT2D eigenvalue weighted by atomic mass is 10.1. The number of rotatable bonds is 7. The van der Waals surface area contributed by atoms with Crippen LogP contribution in [0.2, 0.25) is 0 Å². The van der Waals surface area contributed by atoms with Gasteiger partial charge in [-0.2, -0.15) is 0 Å². The zero-order valence-corrected chi connectivity index (χ0v) is 16.5. The Morgan fingerprint density at radius 1 is 1.07 bits per heavy atom. The fraction of sp³-hybridized carbons (Fsp3) is 0.250. The van der Waals surface area contributed by atoms with Crippen molar-refractivity contribution < 1.29 is 14.3 Å². The van der Waals surface area contributed by atoms with Crippen molar-refractivity contribution >= 4 is 17.5 Å². The van der Waals surface area contributed by atoms with E-state index < -0.39 is 0 Å². The number of nitrogens with zero attached hydrogens (tertiary/aromatic N) is 3. The molecule has 0 spiro atoms. The highest BCUT2D eigenvalue weighted by atomic mass is 32.2. The number of benzene rings is 2. The van der Waals surface area contributed by atoms with E-state index in [0.29, 0.717) is 22.2 Å². The molecule has 0 fully saturated rings. The van der Waals surface area contributed by atoms with E-state index in [2.05, 4.69) is 16.3 Å². The number of hydrogen-bond donors (Lipinski definition) is 0. The Morgan fingerprint density at radius 2 is 1.89 bits per heavy atom. The minimum absolute atomic E-state index is 0.0628. The van der Waals surface area contributed by atoms with Gasteiger partial charge in [0.05, 0.1) is 25.5 Å². The summed E-state index contributed by atoms with van der Waals surface area (Å²) >= 11 is 1.35. The van der Waals surface area contributed by atoms with Crippen molar-refractivity contribution in [2.75, 3.05) is 20.0 Å². The standard InChI is InChI=1S/C20H21N3O3S/c1-13-6-5-7-15(10-13)23-14(2)21-22-20(23)27-12-18(24)17-11-16(25-3)8-9-19(17)26-4/h5-11H,12H2,1-4H3. The molecule has 0 aliphatic heterocycles. The topological polar surface area (TPSA) is 66.2 Å². The maximum atomic E-state index is 12.8. The molecule has 0 radical (unpaired) electrons. The SMILES string of the molecule is COc1ccc(OC)c(C(=O)CSc2nnc(C)n2-c2cccc(C)c2)c1. The molecule has 6 nitrogen and oxygen atoms in total. The zero-order valence-electron chi connectivity index (χ0n) is 15.7. The molecule has 0 N–H and O–H groups in total. The average Bonchev–Trinajstić information content (AvgIpc) is 3.06. The summed E-state index contributed by atoms with van der Waals surface area (Å²) in [6.07, 6.45) is 0. The molecule has 0 aliphatic rings. The fourth-order valence-electron chi connectivity index (χ4n) is 2.74.